The van der Waals surface area contributed by atoms with Crippen molar-refractivity contribution in [3.05, 3.63) is 42.0 Å². The van der Waals surface area contributed by atoms with E-state index in [0.29, 0.717) is 44.5 Å². The van der Waals surface area contributed by atoms with E-state index in [-0.39, 0.29) is 11.9 Å². The highest BCUT2D eigenvalue weighted by Gasteiger charge is 2.30. The molecule has 6 heterocycles. The van der Waals surface area contributed by atoms with E-state index < -0.39 is 0 Å². The van der Waals surface area contributed by atoms with Crippen LogP contribution in [0, 0.1) is 0 Å². The van der Waals surface area contributed by atoms with Gasteiger partial charge in [0, 0.05) is 81.2 Å². The number of nitrogens with two attached hydrogens (primary N) is 1. The number of hydrogen-bond donors (Lipinski definition) is 1. The van der Waals surface area contributed by atoms with Gasteiger partial charge < -0.3 is 30.1 Å². The molecule has 3 aromatic heterocycles. The normalized spacial score (nSPS) is 18.2. The minimum atomic E-state index is -0.0363. The number of carbonyl (C=O) groups excluding carboxylic acids is 1. The Morgan fingerprint density at radius 3 is 2.49 bits per heavy atom. The number of carbonyl (C=O) groups is 1. The van der Waals surface area contributed by atoms with Crippen molar-refractivity contribution in [3.8, 4) is 11.3 Å². The molecule has 12 nitrogen and oxygen atoms in total. The lowest BCUT2D eigenvalue weighted by atomic mass is 10.1. The average Bonchev–Trinajstić information content (AvgIpc) is 3.38. The second-order valence-electron chi connectivity index (χ2n) is 9.50. The summed E-state index contributed by atoms with van der Waals surface area (Å²) >= 11 is 0. The van der Waals surface area contributed by atoms with Gasteiger partial charge in [-0.25, -0.2) is 15.0 Å². The number of fused-ring (bicyclic) bond motifs is 1. The first kappa shape index (κ1) is 23.5. The number of rotatable bonds is 4. The fraction of sp³-hybridized carbons (Fsp3) is 0.440. The predicted octanol–water partition coefficient (Wildman–Crippen LogP) is 0.829. The molecule has 0 radical (unpaired) electrons. The molecule has 0 aliphatic carbocycles. The van der Waals surface area contributed by atoms with Crippen molar-refractivity contribution in [2.24, 2.45) is 0 Å². The Morgan fingerprint density at radius 2 is 1.73 bits per heavy atom. The van der Waals surface area contributed by atoms with E-state index in [0.717, 1.165) is 60.9 Å². The fourth-order valence-corrected chi connectivity index (χ4v) is 4.97. The molecule has 3 aliphatic rings. The maximum atomic E-state index is 13.2. The third kappa shape index (κ3) is 4.65. The van der Waals surface area contributed by atoms with Crippen LogP contribution in [0.4, 0.5) is 23.4 Å². The average molecular weight is 503 g/mol. The lowest BCUT2D eigenvalue weighted by Gasteiger charge is -2.32. The topological polar surface area (TPSA) is 130 Å². The Kier molecular flexibility index (Phi) is 6.26. The van der Waals surface area contributed by atoms with Crippen molar-refractivity contribution < 1.29 is 9.53 Å². The van der Waals surface area contributed by atoms with Gasteiger partial charge in [-0.2, -0.15) is 4.98 Å². The number of ether oxygens (including phenoxy) is 1. The second-order valence-corrected chi connectivity index (χ2v) is 9.50. The summed E-state index contributed by atoms with van der Waals surface area (Å²) in [6.07, 6.45) is 5.86. The molecule has 0 saturated carbocycles. The van der Waals surface area contributed by atoms with Crippen molar-refractivity contribution >= 4 is 29.3 Å². The van der Waals surface area contributed by atoms with Gasteiger partial charge in [-0.05, 0) is 25.6 Å². The molecule has 12 heteroatoms. The highest BCUT2D eigenvalue weighted by Crippen LogP contribution is 2.39. The van der Waals surface area contributed by atoms with Crippen LogP contribution in [0.2, 0.25) is 0 Å². The third-order valence-electron chi connectivity index (χ3n) is 7.12. The Hall–Kier alpha value is -3.90. The number of amides is 1. The fourth-order valence-electron chi connectivity index (χ4n) is 4.97. The molecule has 3 aliphatic heterocycles. The van der Waals surface area contributed by atoms with Crippen molar-refractivity contribution in [2.45, 2.75) is 6.42 Å². The molecule has 1 amide bonds. The molecule has 192 valence electrons. The standard InChI is InChI=1S/C25H30N10O2/c1-32-6-8-33(9-7-32)23(36)20-14-18(2-4-27-20)35-5-3-19-21(17-15-28-24(26)29-16-17)30-25(31-22(19)35)34-10-12-37-13-11-34/h2,4,14-16H,3,5-13H2,1H3,(H2,26,28,29). The minimum absolute atomic E-state index is 0.0363. The van der Waals surface area contributed by atoms with Crippen molar-refractivity contribution in [1.29, 1.82) is 0 Å². The SMILES string of the molecule is CN1CCN(C(=O)c2cc(N3CCc4c(-c5cnc(N)nc5)nc(N5CCOCC5)nc43)ccn2)CC1. The molecule has 37 heavy (non-hydrogen) atoms. The second kappa shape index (κ2) is 9.87. The summed E-state index contributed by atoms with van der Waals surface area (Å²) in [5.74, 6) is 1.65. The van der Waals surface area contributed by atoms with E-state index >= 15 is 0 Å². The summed E-state index contributed by atoms with van der Waals surface area (Å²) in [5, 5.41) is 0. The molecule has 6 rings (SSSR count). The van der Waals surface area contributed by atoms with Gasteiger partial charge in [0.05, 0.1) is 18.9 Å². The number of piperazine rings is 1. The van der Waals surface area contributed by atoms with E-state index in [1.165, 1.54) is 0 Å². The van der Waals surface area contributed by atoms with Crippen LogP contribution in [0.15, 0.2) is 30.7 Å². The number of morpholine rings is 1. The van der Waals surface area contributed by atoms with Crippen LogP contribution < -0.4 is 15.5 Å². The maximum Gasteiger partial charge on any atom is 0.272 e. The predicted molar refractivity (Wildman–Crippen MR) is 139 cm³/mol. The zero-order valence-corrected chi connectivity index (χ0v) is 20.9. The molecule has 2 fully saturated rings. The van der Waals surface area contributed by atoms with E-state index in [4.69, 9.17) is 20.4 Å². The number of likely N-dealkylation sites (N-methyl/N-ethyl adjacent to an activating group) is 1. The van der Waals surface area contributed by atoms with E-state index in [1.54, 1.807) is 18.6 Å². The van der Waals surface area contributed by atoms with Gasteiger partial charge in [0.2, 0.25) is 11.9 Å². The summed E-state index contributed by atoms with van der Waals surface area (Å²) in [6.45, 7) is 6.55. The van der Waals surface area contributed by atoms with Crippen LogP contribution in [0.1, 0.15) is 16.1 Å². The van der Waals surface area contributed by atoms with Gasteiger partial charge in [-0.3, -0.25) is 9.78 Å². The summed E-state index contributed by atoms with van der Waals surface area (Å²) in [7, 11) is 2.07. The Morgan fingerprint density at radius 1 is 0.973 bits per heavy atom. The van der Waals surface area contributed by atoms with Crippen LogP contribution in [0.25, 0.3) is 11.3 Å². The lowest BCUT2D eigenvalue weighted by molar-refractivity contribution is 0.0658. The quantitative estimate of drug-likeness (QED) is 0.544. The summed E-state index contributed by atoms with van der Waals surface area (Å²) in [6, 6.07) is 3.80. The maximum absolute atomic E-state index is 13.2. The Balaban J connectivity index is 1.37. The molecule has 0 unspecified atom stereocenters. The number of anilines is 4. The van der Waals surface area contributed by atoms with Gasteiger partial charge in [-0.15, -0.1) is 0 Å². The number of hydrogen-bond acceptors (Lipinski definition) is 11. The zero-order chi connectivity index (χ0) is 25.4. The first-order valence-electron chi connectivity index (χ1n) is 12.6. The Bertz CT molecular complexity index is 1290. The highest BCUT2D eigenvalue weighted by molar-refractivity contribution is 5.93. The molecule has 0 aromatic carbocycles. The summed E-state index contributed by atoms with van der Waals surface area (Å²) in [5.41, 5.74) is 9.69. The smallest absolute Gasteiger partial charge is 0.272 e. The number of nitrogens with zero attached hydrogens (tertiary/aromatic N) is 9. The monoisotopic (exact) mass is 502 g/mol. The van der Waals surface area contributed by atoms with Gasteiger partial charge in [0.15, 0.2) is 0 Å². The van der Waals surface area contributed by atoms with Gasteiger partial charge in [-0.1, -0.05) is 0 Å². The molecule has 3 aromatic rings. The summed E-state index contributed by atoms with van der Waals surface area (Å²) < 4.78 is 5.54. The summed E-state index contributed by atoms with van der Waals surface area (Å²) in [4.78, 5) is 44.3. The van der Waals surface area contributed by atoms with Crippen LogP contribution in [0.3, 0.4) is 0 Å². The molecule has 0 atom stereocenters. The van der Waals surface area contributed by atoms with Crippen molar-refractivity contribution in [3.63, 3.8) is 0 Å². The van der Waals surface area contributed by atoms with Gasteiger partial charge >= 0.3 is 0 Å². The largest absolute Gasteiger partial charge is 0.378 e. The number of nitrogen functional groups attached to an aromatic ring is 1. The van der Waals surface area contributed by atoms with Crippen molar-refractivity contribution in [1.82, 2.24) is 34.7 Å². The van der Waals surface area contributed by atoms with E-state index in [1.807, 2.05) is 17.0 Å². The Labute approximate surface area is 215 Å². The first-order chi connectivity index (χ1) is 18.1. The molecule has 0 spiro atoms. The van der Waals surface area contributed by atoms with Crippen LogP contribution in [-0.2, 0) is 11.2 Å². The van der Waals surface area contributed by atoms with E-state index in [2.05, 4.69) is 36.7 Å². The first-order valence-corrected chi connectivity index (χ1v) is 12.6. The zero-order valence-electron chi connectivity index (χ0n) is 20.9. The molecular weight excluding hydrogens is 472 g/mol. The van der Waals surface area contributed by atoms with Crippen LogP contribution in [-0.4, -0.2) is 107 Å². The third-order valence-corrected chi connectivity index (χ3v) is 7.12. The highest BCUT2D eigenvalue weighted by atomic mass is 16.5. The van der Waals surface area contributed by atoms with E-state index in [9.17, 15) is 4.79 Å². The van der Waals surface area contributed by atoms with Crippen molar-refractivity contribution in [2.75, 3.05) is 81.6 Å². The molecule has 2 saturated heterocycles. The number of pyridine rings is 1. The lowest BCUT2D eigenvalue weighted by Crippen LogP contribution is -2.47. The number of aromatic nitrogens is 5. The minimum Gasteiger partial charge on any atom is -0.378 e. The van der Waals surface area contributed by atoms with Gasteiger partial charge in [0.25, 0.3) is 5.91 Å². The molecular formula is C25H30N10O2. The molecule has 0 bridgehead atoms. The van der Waals surface area contributed by atoms with Crippen LogP contribution >= 0.6 is 0 Å². The molecule has 2 N–H and O–H groups in total. The van der Waals surface area contributed by atoms with Crippen LogP contribution in [0.5, 0.6) is 0 Å². The van der Waals surface area contributed by atoms with Gasteiger partial charge in [0.1, 0.15) is 11.5 Å².